The van der Waals surface area contributed by atoms with Crippen molar-refractivity contribution < 1.29 is 21.9 Å². The minimum atomic E-state index is -4.29. The fourth-order valence-corrected chi connectivity index (χ4v) is 2.93. The van der Waals surface area contributed by atoms with E-state index in [1.165, 1.54) is 37.3 Å². The van der Waals surface area contributed by atoms with E-state index in [0.717, 1.165) is 12.1 Å². The van der Waals surface area contributed by atoms with Crippen molar-refractivity contribution in [2.24, 2.45) is 0 Å². The van der Waals surface area contributed by atoms with Crippen molar-refractivity contribution in [1.82, 2.24) is 0 Å². The van der Waals surface area contributed by atoms with Crippen molar-refractivity contribution >= 4 is 15.8 Å². The first-order valence-electron chi connectivity index (χ1n) is 5.75. The molecule has 8 heteroatoms. The van der Waals surface area contributed by atoms with Crippen molar-refractivity contribution in [3.05, 3.63) is 64.0 Å². The van der Waals surface area contributed by atoms with Gasteiger partial charge in [-0.25, -0.2) is 4.39 Å². The van der Waals surface area contributed by atoms with Gasteiger partial charge in [0.25, 0.3) is 5.69 Å². The first kappa shape index (κ1) is 14.9. The minimum absolute atomic E-state index is 0.0427. The van der Waals surface area contributed by atoms with E-state index in [1.807, 2.05) is 0 Å². The smallest absolute Gasteiger partial charge is 0.339 e. The molecule has 2 aromatic carbocycles. The topological polar surface area (TPSA) is 86.5 Å². The predicted octanol–water partition coefficient (Wildman–Crippen LogP) is 2.81. The molecule has 0 unspecified atom stereocenters. The predicted molar refractivity (Wildman–Crippen MR) is 72.0 cm³/mol. The molecule has 0 saturated heterocycles. The van der Waals surface area contributed by atoms with Crippen LogP contribution in [0.25, 0.3) is 0 Å². The normalized spacial score (nSPS) is 11.1. The summed E-state index contributed by atoms with van der Waals surface area (Å²) < 4.78 is 42.1. The van der Waals surface area contributed by atoms with Crippen LogP contribution in [-0.4, -0.2) is 13.3 Å². The van der Waals surface area contributed by atoms with Crippen molar-refractivity contribution in [2.45, 2.75) is 11.8 Å². The molecule has 0 atom stereocenters. The molecule has 0 N–H and O–H groups in total. The zero-order valence-electron chi connectivity index (χ0n) is 10.8. The Morgan fingerprint density at radius 2 is 1.86 bits per heavy atom. The quantitative estimate of drug-likeness (QED) is 0.492. The summed E-state index contributed by atoms with van der Waals surface area (Å²) in [6.45, 7) is 1.31. The zero-order chi connectivity index (χ0) is 15.6. The number of nitro groups is 1. The standard InChI is InChI=1S/C13H10FNO5S/c1-9-12(15(16)17)6-3-7-13(9)21(18,19)20-11-5-2-4-10(14)8-11/h2-8H,1H3. The second-order valence-electron chi connectivity index (χ2n) is 4.15. The van der Waals surface area contributed by atoms with Crippen LogP contribution in [0.1, 0.15) is 5.56 Å². The minimum Gasteiger partial charge on any atom is -0.379 e. The molecule has 0 fully saturated rings. The van der Waals surface area contributed by atoms with E-state index in [2.05, 4.69) is 0 Å². The molecule has 2 rings (SSSR count). The second-order valence-corrected chi connectivity index (χ2v) is 5.67. The van der Waals surface area contributed by atoms with Crippen LogP contribution in [0.4, 0.5) is 10.1 Å². The Labute approximate surface area is 120 Å². The van der Waals surface area contributed by atoms with Gasteiger partial charge in [-0.1, -0.05) is 12.1 Å². The molecule has 0 amide bonds. The van der Waals surface area contributed by atoms with Crippen LogP contribution in [0.5, 0.6) is 5.75 Å². The zero-order valence-corrected chi connectivity index (χ0v) is 11.6. The molecular weight excluding hydrogens is 301 g/mol. The first-order valence-corrected chi connectivity index (χ1v) is 7.16. The number of nitrogens with zero attached hydrogens (tertiary/aromatic N) is 1. The summed E-state index contributed by atoms with van der Waals surface area (Å²) >= 11 is 0. The summed E-state index contributed by atoms with van der Waals surface area (Å²) in [7, 11) is -4.29. The van der Waals surface area contributed by atoms with Crippen LogP contribution >= 0.6 is 0 Å². The lowest BCUT2D eigenvalue weighted by Crippen LogP contribution is -2.12. The monoisotopic (exact) mass is 311 g/mol. The number of benzene rings is 2. The highest BCUT2D eigenvalue weighted by atomic mass is 32.2. The van der Waals surface area contributed by atoms with E-state index in [1.54, 1.807) is 0 Å². The lowest BCUT2D eigenvalue weighted by molar-refractivity contribution is -0.385. The van der Waals surface area contributed by atoms with E-state index >= 15 is 0 Å². The van der Waals surface area contributed by atoms with Gasteiger partial charge in [0.2, 0.25) is 0 Å². The molecule has 21 heavy (non-hydrogen) atoms. The summed E-state index contributed by atoms with van der Waals surface area (Å²) in [6.07, 6.45) is 0. The highest BCUT2D eigenvalue weighted by molar-refractivity contribution is 7.87. The van der Waals surface area contributed by atoms with E-state index in [4.69, 9.17) is 4.18 Å². The molecule has 2 aromatic rings. The maximum Gasteiger partial charge on any atom is 0.339 e. The number of hydrogen-bond acceptors (Lipinski definition) is 5. The number of hydrogen-bond donors (Lipinski definition) is 0. The molecule has 0 saturated carbocycles. The fraction of sp³-hybridized carbons (Fsp3) is 0.0769. The van der Waals surface area contributed by atoms with Crippen LogP contribution in [0.2, 0.25) is 0 Å². The molecule has 0 aliphatic rings. The van der Waals surface area contributed by atoms with Crippen molar-refractivity contribution in [1.29, 1.82) is 0 Å². The lowest BCUT2D eigenvalue weighted by Gasteiger charge is -2.09. The van der Waals surface area contributed by atoms with Gasteiger partial charge in [-0.15, -0.1) is 0 Å². The maximum atomic E-state index is 13.0. The van der Waals surface area contributed by atoms with E-state index in [9.17, 15) is 22.9 Å². The number of nitro benzene ring substituents is 1. The summed E-state index contributed by atoms with van der Waals surface area (Å²) in [6, 6.07) is 8.23. The summed E-state index contributed by atoms with van der Waals surface area (Å²) in [5.41, 5.74) is -0.377. The average Bonchev–Trinajstić information content (AvgIpc) is 2.37. The molecule has 0 aliphatic heterocycles. The first-order chi connectivity index (χ1) is 9.81. The van der Waals surface area contributed by atoms with Gasteiger partial charge in [-0.3, -0.25) is 10.1 Å². The highest BCUT2D eigenvalue weighted by Crippen LogP contribution is 2.27. The molecule has 0 heterocycles. The molecule has 6 nitrogen and oxygen atoms in total. The van der Waals surface area contributed by atoms with Crippen molar-refractivity contribution in [3.8, 4) is 5.75 Å². The van der Waals surface area contributed by atoms with E-state index < -0.39 is 20.9 Å². The third-order valence-corrected chi connectivity index (χ3v) is 4.12. The molecule has 0 radical (unpaired) electrons. The van der Waals surface area contributed by atoms with Gasteiger partial charge in [0.15, 0.2) is 0 Å². The van der Waals surface area contributed by atoms with Gasteiger partial charge in [-0.2, -0.15) is 8.42 Å². The molecule has 110 valence electrons. The van der Waals surface area contributed by atoms with Gasteiger partial charge in [0.05, 0.1) is 4.92 Å². The summed E-state index contributed by atoms with van der Waals surface area (Å²) in [4.78, 5) is 9.81. The summed E-state index contributed by atoms with van der Waals surface area (Å²) in [5.74, 6) is -0.862. The Hall–Kier alpha value is -2.48. The Morgan fingerprint density at radius 3 is 2.48 bits per heavy atom. The molecule has 0 bridgehead atoms. The van der Waals surface area contributed by atoms with Crippen molar-refractivity contribution in [2.75, 3.05) is 0 Å². The Kier molecular flexibility index (Phi) is 3.90. The Balaban J connectivity index is 2.45. The number of rotatable bonds is 4. The lowest BCUT2D eigenvalue weighted by atomic mass is 10.2. The molecular formula is C13H10FNO5S. The third-order valence-electron chi connectivity index (χ3n) is 2.72. The SMILES string of the molecule is Cc1c([N+](=O)[O-])cccc1S(=O)(=O)Oc1cccc(F)c1. The average molecular weight is 311 g/mol. The van der Waals surface area contributed by atoms with Gasteiger partial charge < -0.3 is 4.18 Å². The van der Waals surface area contributed by atoms with Crippen LogP contribution < -0.4 is 4.18 Å². The van der Waals surface area contributed by atoms with Gasteiger partial charge in [-0.05, 0) is 25.1 Å². The van der Waals surface area contributed by atoms with Gasteiger partial charge in [0.1, 0.15) is 16.5 Å². The maximum absolute atomic E-state index is 13.0. The Bertz CT molecular complexity index is 804. The summed E-state index contributed by atoms with van der Waals surface area (Å²) in [5, 5.41) is 10.8. The molecule has 0 aromatic heterocycles. The molecule has 0 spiro atoms. The Morgan fingerprint density at radius 1 is 1.19 bits per heavy atom. The van der Waals surface area contributed by atoms with E-state index in [-0.39, 0.29) is 21.9 Å². The fourth-order valence-electron chi connectivity index (χ4n) is 1.76. The molecule has 0 aliphatic carbocycles. The van der Waals surface area contributed by atoms with Gasteiger partial charge in [0, 0.05) is 17.7 Å². The van der Waals surface area contributed by atoms with Crippen LogP contribution in [0.3, 0.4) is 0 Å². The van der Waals surface area contributed by atoms with Gasteiger partial charge >= 0.3 is 10.1 Å². The largest absolute Gasteiger partial charge is 0.379 e. The van der Waals surface area contributed by atoms with Crippen LogP contribution in [0.15, 0.2) is 47.4 Å². The number of halogens is 1. The second kappa shape index (κ2) is 5.49. The van der Waals surface area contributed by atoms with Crippen molar-refractivity contribution in [3.63, 3.8) is 0 Å². The van der Waals surface area contributed by atoms with E-state index in [0.29, 0.717) is 0 Å². The third kappa shape index (κ3) is 3.16. The van der Waals surface area contributed by atoms with Crippen LogP contribution in [-0.2, 0) is 10.1 Å². The highest BCUT2D eigenvalue weighted by Gasteiger charge is 2.24. The van der Waals surface area contributed by atoms with Crippen LogP contribution in [0, 0.1) is 22.9 Å².